The van der Waals surface area contributed by atoms with Gasteiger partial charge in [0.15, 0.2) is 11.5 Å². The monoisotopic (exact) mass is 655 g/mol. The Kier molecular flexibility index (Phi) is 11.4. The van der Waals surface area contributed by atoms with Gasteiger partial charge in [-0.25, -0.2) is 8.42 Å². The largest absolute Gasteiger partial charge is 0.493 e. The molecule has 0 aliphatic carbocycles. The fourth-order valence-corrected chi connectivity index (χ4v) is 6.15. The number of carbonyl (C=O) groups excluding carboxylic acids is 2. The van der Waals surface area contributed by atoms with Crippen LogP contribution in [-0.2, 0) is 26.2 Å². The zero-order valence-corrected chi connectivity index (χ0v) is 26.8. The van der Waals surface area contributed by atoms with Crippen molar-refractivity contribution in [3.63, 3.8) is 0 Å². The summed E-state index contributed by atoms with van der Waals surface area (Å²) < 4.78 is 39.6. The van der Waals surface area contributed by atoms with E-state index in [2.05, 4.69) is 5.32 Å². The van der Waals surface area contributed by atoms with Crippen molar-refractivity contribution in [3.05, 3.63) is 81.3 Å². The van der Waals surface area contributed by atoms with Crippen LogP contribution in [0.3, 0.4) is 0 Å². The van der Waals surface area contributed by atoms with Crippen LogP contribution in [0.5, 0.6) is 11.5 Å². The number of carbonyl (C=O) groups is 2. The van der Waals surface area contributed by atoms with E-state index in [0.717, 1.165) is 4.31 Å². The van der Waals surface area contributed by atoms with Crippen molar-refractivity contribution in [2.75, 3.05) is 25.1 Å². The molecule has 0 heterocycles. The van der Waals surface area contributed by atoms with Crippen LogP contribution in [0.1, 0.15) is 26.3 Å². The first-order chi connectivity index (χ1) is 19.8. The van der Waals surface area contributed by atoms with Gasteiger partial charge in [0.1, 0.15) is 12.6 Å². The minimum absolute atomic E-state index is 0.144. The highest BCUT2D eigenvalue weighted by atomic mass is 35.5. The van der Waals surface area contributed by atoms with Crippen molar-refractivity contribution in [2.24, 2.45) is 0 Å². The number of hydrogen-bond acceptors (Lipinski definition) is 6. The number of halogens is 3. The quantitative estimate of drug-likeness (QED) is 0.264. The average molecular weight is 657 g/mol. The molecule has 0 bridgehead atoms. The molecule has 3 rings (SSSR count). The number of nitrogens with one attached hydrogen (secondary N) is 1. The normalized spacial score (nSPS) is 12.0. The SMILES string of the molecule is COc1ccc(S(=O)(=O)N(CC(=O)N(Cc2c(Cl)cccc2Cl)C(C)C(=O)NC(C)C)c2ccc(Cl)cc2)cc1OC. The summed E-state index contributed by atoms with van der Waals surface area (Å²) in [6.45, 7) is 4.34. The first-order valence-corrected chi connectivity index (χ1v) is 15.4. The molecule has 2 amide bonds. The molecular weight excluding hydrogens is 625 g/mol. The number of rotatable bonds is 12. The predicted molar refractivity (Wildman–Crippen MR) is 165 cm³/mol. The second-order valence-electron chi connectivity index (χ2n) is 9.57. The lowest BCUT2D eigenvalue weighted by Crippen LogP contribution is -2.52. The molecule has 0 aromatic heterocycles. The van der Waals surface area contributed by atoms with Crippen molar-refractivity contribution < 1.29 is 27.5 Å². The van der Waals surface area contributed by atoms with E-state index in [9.17, 15) is 18.0 Å². The molecule has 0 spiro atoms. The van der Waals surface area contributed by atoms with Crippen molar-refractivity contribution in [3.8, 4) is 11.5 Å². The smallest absolute Gasteiger partial charge is 0.264 e. The van der Waals surface area contributed by atoms with Crippen molar-refractivity contribution in [1.82, 2.24) is 10.2 Å². The van der Waals surface area contributed by atoms with Crippen molar-refractivity contribution in [1.29, 1.82) is 0 Å². The standard InChI is InChI=1S/C29H32Cl3N3O6S/c1-18(2)33-29(37)19(3)34(16-23-24(31)7-6-8-25(23)32)28(36)17-35(21-11-9-20(30)10-12-21)42(38,39)22-13-14-26(40-4)27(15-22)41-5/h6-15,18-19H,16-17H2,1-5H3,(H,33,37). The topological polar surface area (TPSA) is 105 Å². The third kappa shape index (κ3) is 7.80. The fourth-order valence-electron chi connectivity index (χ4n) is 4.08. The molecule has 0 radical (unpaired) electrons. The van der Waals surface area contributed by atoms with Crippen LogP contribution in [0.15, 0.2) is 65.6 Å². The van der Waals surface area contributed by atoms with E-state index in [1.54, 1.807) is 39.0 Å². The molecule has 13 heteroatoms. The molecule has 0 saturated heterocycles. The average Bonchev–Trinajstić information content (AvgIpc) is 2.95. The van der Waals surface area contributed by atoms with Crippen LogP contribution < -0.4 is 19.1 Å². The molecule has 226 valence electrons. The Morgan fingerprint density at radius 1 is 0.881 bits per heavy atom. The third-order valence-corrected chi connectivity index (χ3v) is 9.05. The van der Waals surface area contributed by atoms with Crippen LogP contribution in [0.2, 0.25) is 15.1 Å². The number of hydrogen-bond donors (Lipinski definition) is 1. The van der Waals surface area contributed by atoms with Gasteiger partial charge in [-0.15, -0.1) is 0 Å². The Hall–Kier alpha value is -3.18. The number of sulfonamides is 1. The van der Waals surface area contributed by atoms with E-state index in [0.29, 0.717) is 26.4 Å². The van der Waals surface area contributed by atoms with Gasteiger partial charge in [0, 0.05) is 39.3 Å². The van der Waals surface area contributed by atoms with Gasteiger partial charge in [0.2, 0.25) is 11.8 Å². The summed E-state index contributed by atoms with van der Waals surface area (Å²) in [4.78, 5) is 28.2. The highest BCUT2D eigenvalue weighted by molar-refractivity contribution is 7.92. The molecule has 9 nitrogen and oxygen atoms in total. The van der Waals surface area contributed by atoms with E-state index < -0.39 is 34.4 Å². The third-order valence-electron chi connectivity index (χ3n) is 6.32. The van der Waals surface area contributed by atoms with Crippen molar-refractivity contribution >= 4 is 62.3 Å². The summed E-state index contributed by atoms with van der Waals surface area (Å²) in [7, 11) is -1.54. The number of nitrogens with zero attached hydrogens (tertiary/aromatic N) is 2. The van der Waals surface area contributed by atoms with Gasteiger partial charge >= 0.3 is 0 Å². The highest BCUT2D eigenvalue weighted by Crippen LogP contribution is 2.33. The summed E-state index contributed by atoms with van der Waals surface area (Å²) >= 11 is 18.9. The summed E-state index contributed by atoms with van der Waals surface area (Å²) in [5, 5.41) is 3.76. The first kappa shape index (κ1) is 33.3. The molecule has 3 aromatic carbocycles. The van der Waals surface area contributed by atoms with Crippen LogP contribution in [0, 0.1) is 0 Å². The van der Waals surface area contributed by atoms with Gasteiger partial charge in [-0.1, -0.05) is 40.9 Å². The van der Waals surface area contributed by atoms with Crippen LogP contribution >= 0.6 is 34.8 Å². The Labute approximate surface area is 261 Å². The Bertz CT molecular complexity index is 1510. The molecule has 1 unspecified atom stereocenters. The molecule has 1 atom stereocenters. The molecule has 3 aromatic rings. The van der Waals surface area contributed by atoms with Gasteiger partial charge in [0.25, 0.3) is 10.0 Å². The first-order valence-electron chi connectivity index (χ1n) is 12.8. The van der Waals surface area contributed by atoms with Gasteiger partial charge in [-0.3, -0.25) is 13.9 Å². The van der Waals surface area contributed by atoms with Crippen LogP contribution in [0.4, 0.5) is 5.69 Å². The van der Waals surface area contributed by atoms with E-state index in [-0.39, 0.29) is 28.9 Å². The number of methoxy groups -OCH3 is 2. The predicted octanol–water partition coefficient (Wildman–Crippen LogP) is 5.80. The summed E-state index contributed by atoms with van der Waals surface area (Å²) in [6.07, 6.45) is 0. The summed E-state index contributed by atoms with van der Waals surface area (Å²) in [5.41, 5.74) is 0.594. The maximum atomic E-state index is 14.1. The number of anilines is 1. The maximum Gasteiger partial charge on any atom is 0.264 e. The number of benzene rings is 3. The van der Waals surface area contributed by atoms with E-state index >= 15 is 0 Å². The summed E-state index contributed by atoms with van der Waals surface area (Å²) in [5.74, 6) is -0.577. The van der Waals surface area contributed by atoms with Gasteiger partial charge in [-0.2, -0.15) is 0 Å². The zero-order valence-electron chi connectivity index (χ0n) is 23.7. The lowest BCUT2D eigenvalue weighted by atomic mass is 10.1. The van der Waals surface area contributed by atoms with E-state index in [1.807, 2.05) is 0 Å². The number of ether oxygens (including phenoxy) is 2. The van der Waals surface area contributed by atoms with Gasteiger partial charge < -0.3 is 19.7 Å². The zero-order chi connectivity index (χ0) is 31.2. The molecule has 0 aliphatic heterocycles. The molecule has 42 heavy (non-hydrogen) atoms. The molecule has 0 aliphatic rings. The second-order valence-corrected chi connectivity index (χ2v) is 12.7. The Balaban J connectivity index is 2.10. The van der Waals surface area contributed by atoms with E-state index in [4.69, 9.17) is 44.3 Å². The van der Waals surface area contributed by atoms with Crippen LogP contribution in [-0.4, -0.2) is 58.0 Å². The van der Waals surface area contributed by atoms with Crippen molar-refractivity contribution in [2.45, 2.75) is 44.3 Å². The summed E-state index contributed by atoms with van der Waals surface area (Å²) in [6, 6.07) is 13.8. The van der Waals surface area contributed by atoms with Gasteiger partial charge in [0.05, 0.1) is 24.8 Å². The lowest BCUT2D eigenvalue weighted by Gasteiger charge is -2.32. The molecular formula is C29H32Cl3N3O6S. The fraction of sp³-hybridized carbons (Fsp3) is 0.310. The molecule has 1 N–H and O–H groups in total. The van der Waals surface area contributed by atoms with Crippen LogP contribution in [0.25, 0.3) is 0 Å². The maximum absolute atomic E-state index is 14.1. The lowest BCUT2D eigenvalue weighted by molar-refractivity contribution is -0.139. The minimum Gasteiger partial charge on any atom is -0.493 e. The Morgan fingerprint density at radius 2 is 1.48 bits per heavy atom. The van der Waals surface area contributed by atoms with E-state index in [1.165, 1.54) is 61.6 Å². The number of amides is 2. The Morgan fingerprint density at radius 3 is 2.02 bits per heavy atom. The minimum atomic E-state index is -4.35. The second kappa shape index (κ2) is 14.3. The van der Waals surface area contributed by atoms with Gasteiger partial charge in [-0.05, 0) is 69.3 Å². The molecule has 0 fully saturated rings. The highest BCUT2D eigenvalue weighted by Gasteiger charge is 2.33. The molecule has 0 saturated carbocycles.